The Morgan fingerprint density at radius 2 is 1.95 bits per heavy atom. The van der Waals surface area contributed by atoms with E-state index in [0.717, 1.165) is 5.56 Å². The number of halogens is 1. The molecule has 0 heterocycles. The van der Waals surface area contributed by atoms with E-state index in [0.29, 0.717) is 17.7 Å². The number of rotatable bonds is 4. The van der Waals surface area contributed by atoms with Crippen molar-refractivity contribution < 1.29 is 4.39 Å². The van der Waals surface area contributed by atoms with E-state index in [1.165, 1.54) is 18.2 Å². The summed E-state index contributed by atoms with van der Waals surface area (Å²) >= 11 is 0. The van der Waals surface area contributed by atoms with E-state index in [9.17, 15) is 4.39 Å². The first-order valence-electron chi connectivity index (χ1n) is 6.17. The summed E-state index contributed by atoms with van der Waals surface area (Å²) in [5.41, 5.74) is 2.36. The zero-order chi connectivity index (χ0) is 13.7. The quantitative estimate of drug-likeness (QED) is 0.905. The van der Waals surface area contributed by atoms with Crippen molar-refractivity contribution in [3.05, 3.63) is 71.0 Å². The van der Waals surface area contributed by atoms with Crippen molar-refractivity contribution in [1.29, 1.82) is 5.26 Å². The summed E-state index contributed by atoms with van der Waals surface area (Å²) in [5, 5.41) is 12.3. The van der Waals surface area contributed by atoms with Gasteiger partial charge in [0.25, 0.3) is 0 Å². The van der Waals surface area contributed by atoms with Crippen molar-refractivity contribution >= 4 is 0 Å². The molecular weight excluding hydrogens is 239 g/mol. The highest BCUT2D eigenvalue weighted by Gasteiger charge is 2.07. The molecule has 1 N–H and O–H groups in total. The summed E-state index contributed by atoms with van der Waals surface area (Å²) in [5.74, 6) is -0.317. The Hall–Kier alpha value is -2.18. The number of hydrogen-bond donors (Lipinski definition) is 1. The van der Waals surface area contributed by atoms with Crippen LogP contribution < -0.4 is 5.32 Å². The largest absolute Gasteiger partial charge is 0.306 e. The van der Waals surface area contributed by atoms with Crippen molar-refractivity contribution in [2.45, 2.75) is 19.5 Å². The first-order valence-corrected chi connectivity index (χ1v) is 6.17. The lowest BCUT2D eigenvalue weighted by molar-refractivity contribution is 0.568. The second-order valence-corrected chi connectivity index (χ2v) is 4.43. The molecule has 0 aliphatic carbocycles. The molecule has 0 bridgehead atoms. The van der Waals surface area contributed by atoms with E-state index >= 15 is 0 Å². The van der Waals surface area contributed by atoms with Crippen LogP contribution in [0, 0.1) is 17.1 Å². The lowest BCUT2D eigenvalue weighted by Crippen LogP contribution is -2.18. The van der Waals surface area contributed by atoms with Gasteiger partial charge in [-0.3, -0.25) is 0 Å². The number of nitrogens with one attached hydrogen (secondary N) is 1. The molecule has 2 aromatic rings. The van der Waals surface area contributed by atoms with Gasteiger partial charge in [-0.25, -0.2) is 4.39 Å². The molecule has 0 aliphatic heterocycles. The molecule has 3 heteroatoms. The van der Waals surface area contributed by atoms with Gasteiger partial charge in [0.1, 0.15) is 5.82 Å². The number of nitriles is 1. The molecule has 1 atom stereocenters. The molecule has 19 heavy (non-hydrogen) atoms. The third-order valence-corrected chi connectivity index (χ3v) is 3.09. The molecule has 2 aromatic carbocycles. The third-order valence-electron chi connectivity index (χ3n) is 3.09. The van der Waals surface area contributed by atoms with Gasteiger partial charge in [-0.2, -0.15) is 5.26 Å². The number of benzene rings is 2. The average Bonchev–Trinajstić information content (AvgIpc) is 2.46. The first kappa shape index (κ1) is 13.3. The van der Waals surface area contributed by atoms with Gasteiger partial charge in [0.15, 0.2) is 0 Å². The van der Waals surface area contributed by atoms with Gasteiger partial charge < -0.3 is 5.32 Å². The fourth-order valence-corrected chi connectivity index (χ4v) is 1.94. The van der Waals surface area contributed by atoms with Crippen LogP contribution in [-0.4, -0.2) is 0 Å². The predicted octanol–water partition coefficient (Wildman–Crippen LogP) is 3.55. The smallest absolute Gasteiger partial charge is 0.123 e. The summed E-state index contributed by atoms with van der Waals surface area (Å²) in [6, 6.07) is 16.5. The molecule has 2 rings (SSSR count). The van der Waals surface area contributed by atoms with Gasteiger partial charge in [0.05, 0.1) is 11.6 Å². The molecule has 0 aliphatic rings. The lowest BCUT2D eigenvalue weighted by Gasteiger charge is -2.14. The summed E-state index contributed by atoms with van der Waals surface area (Å²) in [7, 11) is 0. The zero-order valence-corrected chi connectivity index (χ0v) is 10.7. The molecule has 0 saturated heterocycles. The van der Waals surface area contributed by atoms with Gasteiger partial charge >= 0.3 is 0 Å². The van der Waals surface area contributed by atoms with Crippen LogP contribution in [0.2, 0.25) is 0 Å². The fourth-order valence-electron chi connectivity index (χ4n) is 1.94. The van der Waals surface area contributed by atoms with E-state index in [1.807, 2.05) is 37.3 Å². The second kappa shape index (κ2) is 6.12. The van der Waals surface area contributed by atoms with Crippen LogP contribution in [0.5, 0.6) is 0 Å². The highest BCUT2D eigenvalue weighted by atomic mass is 19.1. The van der Waals surface area contributed by atoms with Gasteiger partial charge in [0.2, 0.25) is 0 Å². The molecule has 0 amide bonds. The van der Waals surface area contributed by atoms with Crippen molar-refractivity contribution in [2.75, 3.05) is 0 Å². The normalized spacial score (nSPS) is 11.8. The topological polar surface area (TPSA) is 35.8 Å². The van der Waals surface area contributed by atoms with E-state index < -0.39 is 0 Å². The molecule has 0 unspecified atom stereocenters. The Morgan fingerprint density at radius 3 is 2.63 bits per heavy atom. The molecule has 0 fully saturated rings. The van der Waals surface area contributed by atoms with Crippen LogP contribution in [-0.2, 0) is 6.54 Å². The minimum Gasteiger partial charge on any atom is -0.306 e. The van der Waals surface area contributed by atoms with Crippen LogP contribution in [0.15, 0.2) is 48.5 Å². The first-order chi connectivity index (χ1) is 9.20. The average molecular weight is 254 g/mol. The van der Waals surface area contributed by atoms with Crippen molar-refractivity contribution in [3.8, 4) is 6.07 Å². The highest BCUT2D eigenvalue weighted by Crippen LogP contribution is 2.15. The molecule has 0 aromatic heterocycles. The molecular formula is C16H15FN2. The second-order valence-electron chi connectivity index (χ2n) is 4.43. The Balaban J connectivity index is 2.07. The Labute approximate surface area is 112 Å². The summed E-state index contributed by atoms with van der Waals surface area (Å²) in [4.78, 5) is 0. The monoisotopic (exact) mass is 254 g/mol. The Morgan fingerprint density at radius 1 is 1.21 bits per heavy atom. The van der Waals surface area contributed by atoms with Crippen LogP contribution in [0.25, 0.3) is 0 Å². The van der Waals surface area contributed by atoms with Gasteiger partial charge in [-0.15, -0.1) is 0 Å². The molecule has 0 radical (unpaired) electrons. The molecule has 2 nitrogen and oxygen atoms in total. The molecule has 96 valence electrons. The Bertz CT molecular complexity index is 587. The van der Waals surface area contributed by atoms with E-state index in [4.69, 9.17) is 5.26 Å². The lowest BCUT2D eigenvalue weighted by atomic mass is 10.1. The minimum absolute atomic E-state index is 0.149. The standard InChI is InChI=1S/C16H15FN2/c1-12(13-5-3-2-4-6-13)19-11-15-9-16(17)8-7-14(15)10-18/h2-9,12,19H,11H2,1H3/t12-/m0/s1. The van der Waals surface area contributed by atoms with E-state index in [1.54, 1.807) is 0 Å². The van der Waals surface area contributed by atoms with Crippen molar-refractivity contribution in [1.82, 2.24) is 5.32 Å². The predicted molar refractivity (Wildman–Crippen MR) is 72.8 cm³/mol. The summed E-state index contributed by atoms with van der Waals surface area (Å²) in [6.07, 6.45) is 0. The van der Waals surface area contributed by atoms with Crippen molar-refractivity contribution in [3.63, 3.8) is 0 Å². The van der Waals surface area contributed by atoms with Crippen molar-refractivity contribution in [2.24, 2.45) is 0 Å². The SMILES string of the molecule is C[C@H](NCc1cc(F)ccc1C#N)c1ccccc1. The maximum absolute atomic E-state index is 13.2. The van der Waals surface area contributed by atoms with Gasteiger partial charge in [-0.1, -0.05) is 30.3 Å². The summed E-state index contributed by atoms with van der Waals surface area (Å²) < 4.78 is 13.2. The van der Waals surface area contributed by atoms with E-state index in [-0.39, 0.29) is 11.9 Å². The van der Waals surface area contributed by atoms with Gasteiger partial charge in [-0.05, 0) is 36.2 Å². The minimum atomic E-state index is -0.317. The van der Waals surface area contributed by atoms with Crippen LogP contribution in [0.3, 0.4) is 0 Å². The maximum Gasteiger partial charge on any atom is 0.123 e. The maximum atomic E-state index is 13.2. The number of hydrogen-bond acceptors (Lipinski definition) is 2. The van der Waals surface area contributed by atoms with Gasteiger partial charge in [0, 0.05) is 12.6 Å². The van der Waals surface area contributed by atoms with Crippen LogP contribution in [0.4, 0.5) is 4.39 Å². The van der Waals surface area contributed by atoms with E-state index in [2.05, 4.69) is 11.4 Å². The van der Waals surface area contributed by atoms with Crippen LogP contribution >= 0.6 is 0 Å². The number of nitrogens with zero attached hydrogens (tertiary/aromatic N) is 1. The van der Waals surface area contributed by atoms with Crippen LogP contribution in [0.1, 0.15) is 29.7 Å². The third kappa shape index (κ3) is 3.40. The summed E-state index contributed by atoms with van der Waals surface area (Å²) in [6.45, 7) is 2.51. The zero-order valence-electron chi connectivity index (χ0n) is 10.7. The highest BCUT2D eigenvalue weighted by molar-refractivity contribution is 5.37. The fraction of sp³-hybridized carbons (Fsp3) is 0.188. The Kier molecular flexibility index (Phi) is 4.27. The molecule has 0 saturated carbocycles. The molecule has 0 spiro atoms.